The molecule has 0 saturated heterocycles. The van der Waals surface area contributed by atoms with E-state index in [1.54, 1.807) is 7.11 Å². The maximum atomic E-state index is 12.0. The van der Waals surface area contributed by atoms with Gasteiger partial charge < -0.3 is 4.74 Å². The van der Waals surface area contributed by atoms with Gasteiger partial charge in [-0.2, -0.15) is 0 Å². The Kier molecular flexibility index (Phi) is 2.51. The van der Waals surface area contributed by atoms with Gasteiger partial charge in [0.2, 0.25) is 0 Å². The van der Waals surface area contributed by atoms with Gasteiger partial charge in [0.15, 0.2) is 5.78 Å². The number of carbonyl (C=O) groups is 1. The van der Waals surface area contributed by atoms with E-state index in [0.717, 1.165) is 23.3 Å². The molecule has 1 aromatic carbocycles. The zero-order valence-electron chi connectivity index (χ0n) is 9.41. The first-order chi connectivity index (χ1) is 7.13. The second-order valence-electron chi connectivity index (χ2n) is 4.44. The molecule has 0 spiro atoms. The Morgan fingerprint density at radius 1 is 1.40 bits per heavy atom. The summed E-state index contributed by atoms with van der Waals surface area (Å²) in [5, 5.41) is 0. The summed E-state index contributed by atoms with van der Waals surface area (Å²) >= 11 is 0. The number of rotatable bonds is 2. The Morgan fingerprint density at radius 3 is 2.73 bits per heavy atom. The number of ether oxygens (including phenoxy) is 1. The van der Waals surface area contributed by atoms with Crippen molar-refractivity contribution in [3.63, 3.8) is 0 Å². The molecule has 1 atom stereocenters. The summed E-state index contributed by atoms with van der Waals surface area (Å²) in [5.74, 6) is 1.71. The summed E-state index contributed by atoms with van der Waals surface area (Å²) in [5.41, 5.74) is 2.02. The Hall–Kier alpha value is -1.31. The smallest absolute Gasteiger partial charge is 0.166 e. The Bertz CT molecular complexity index is 394. The number of hydrogen-bond acceptors (Lipinski definition) is 2. The van der Waals surface area contributed by atoms with Crippen LogP contribution in [0.3, 0.4) is 0 Å². The van der Waals surface area contributed by atoms with E-state index in [1.165, 1.54) is 0 Å². The SMILES string of the molecule is COc1ccc2c(c1)CC(C(C)C)C2=O. The van der Waals surface area contributed by atoms with E-state index in [-0.39, 0.29) is 5.92 Å². The number of ketones is 1. The molecule has 2 heteroatoms. The molecule has 0 N–H and O–H groups in total. The van der Waals surface area contributed by atoms with E-state index in [4.69, 9.17) is 4.74 Å². The standard InChI is InChI=1S/C13H16O2/c1-8(2)12-7-9-6-10(15-3)4-5-11(9)13(12)14/h4-6,8,12H,7H2,1-3H3. The minimum atomic E-state index is 0.159. The molecule has 1 aromatic rings. The fourth-order valence-electron chi connectivity index (χ4n) is 2.17. The molecule has 80 valence electrons. The maximum absolute atomic E-state index is 12.0. The summed E-state index contributed by atoms with van der Waals surface area (Å²) in [6, 6.07) is 5.73. The monoisotopic (exact) mass is 204 g/mol. The normalized spacial score (nSPS) is 19.5. The van der Waals surface area contributed by atoms with Gasteiger partial charge in [-0.3, -0.25) is 4.79 Å². The lowest BCUT2D eigenvalue weighted by molar-refractivity contribution is 0.0906. The lowest BCUT2D eigenvalue weighted by Crippen LogP contribution is -2.15. The molecular weight excluding hydrogens is 188 g/mol. The molecule has 2 rings (SSSR count). The van der Waals surface area contributed by atoms with Crippen molar-refractivity contribution in [1.82, 2.24) is 0 Å². The molecule has 0 fully saturated rings. The van der Waals surface area contributed by atoms with Crippen LogP contribution < -0.4 is 4.74 Å². The van der Waals surface area contributed by atoms with Crippen molar-refractivity contribution in [2.45, 2.75) is 20.3 Å². The molecule has 0 aromatic heterocycles. The number of benzene rings is 1. The summed E-state index contributed by atoms with van der Waals surface area (Å²) in [7, 11) is 1.65. The summed E-state index contributed by atoms with van der Waals surface area (Å²) in [6.07, 6.45) is 0.864. The quantitative estimate of drug-likeness (QED) is 0.740. The van der Waals surface area contributed by atoms with Crippen LogP contribution in [0.2, 0.25) is 0 Å². The van der Waals surface area contributed by atoms with Gasteiger partial charge in [0.25, 0.3) is 0 Å². The predicted molar refractivity (Wildman–Crippen MR) is 59.4 cm³/mol. The predicted octanol–water partition coefficient (Wildman–Crippen LogP) is 2.71. The number of carbonyl (C=O) groups excluding carboxylic acids is 1. The average Bonchev–Trinajstić information content (AvgIpc) is 2.55. The molecule has 2 nitrogen and oxygen atoms in total. The Balaban J connectivity index is 2.36. The van der Waals surface area contributed by atoms with Crippen molar-refractivity contribution in [1.29, 1.82) is 0 Å². The second kappa shape index (κ2) is 3.69. The third kappa shape index (κ3) is 1.65. The van der Waals surface area contributed by atoms with Crippen LogP contribution in [0.1, 0.15) is 29.8 Å². The molecule has 1 unspecified atom stereocenters. The molecule has 1 aliphatic carbocycles. The first-order valence-electron chi connectivity index (χ1n) is 5.34. The number of fused-ring (bicyclic) bond motifs is 1. The van der Waals surface area contributed by atoms with Gasteiger partial charge in [0.1, 0.15) is 5.75 Å². The lowest BCUT2D eigenvalue weighted by Gasteiger charge is -2.10. The minimum Gasteiger partial charge on any atom is -0.497 e. The zero-order valence-corrected chi connectivity index (χ0v) is 9.41. The molecule has 0 saturated carbocycles. The lowest BCUT2D eigenvalue weighted by atomic mass is 9.92. The van der Waals surface area contributed by atoms with Crippen molar-refractivity contribution in [3.8, 4) is 5.75 Å². The van der Waals surface area contributed by atoms with Gasteiger partial charge in [-0.25, -0.2) is 0 Å². The number of hydrogen-bond donors (Lipinski definition) is 0. The van der Waals surface area contributed by atoms with Crippen molar-refractivity contribution in [3.05, 3.63) is 29.3 Å². The number of Topliss-reactive ketones (excluding diaryl/α,β-unsaturated/α-hetero) is 1. The summed E-state index contributed by atoms with van der Waals surface area (Å²) in [4.78, 5) is 12.0. The van der Waals surface area contributed by atoms with Gasteiger partial charge >= 0.3 is 0 Å². The highest BCUT2D eigenvalue weighted by Crippen LogP contribution is 2.33. The average molecular weight is 204 g/mol. The Morgan fingerprint density at radius 2 is 2.13 bits per heavy atom. The third-order valence-corrected chi connectivity index (χ3v) is 3.16. The molecule has 15 heavy (non-hydrogen) atoms. The van der Waals surface area contributed by atoms with Crippen molar-refractivity contribution < 1.29 is 9.53 Å². The molecule has 0 heterocycles. The molecule has 0 amide bonds. The van der Waals surface area contributed by atoms with Crippen molar-refractivity contribution in [2.75, 3.05) is 7.11 Å². The van der Waals surface area contributed by atoms with E-state index >= 15 is 0 Å². The summed E-state index contributed by atoms with van der Waals surface area (Å²) in [6.45, 7) is 4.21. The van der Waals surface area contributed by atoms with Crippen LogP contribution >= 0.6 is 0 Å². The van der Waals surface area contributed by atoms with Gasteiger partial charge in [-0.1, -0.05) is 13.8 Å². The van der Waals surface area contributed by atoms with E-state index in [0.29, 0.717) is 11.7 Å². The maximum Gasteiger partial charge on any atom is 0.166 e. The van der Waals surface area contributed by atoms with E-state index in [2.05, 4.69) is 13.8 Å². The highest BCUT2D eigenvalue weighted by atomic mass is 16.5. The van der Waals surface area contributed by atoms with Crippen LogP contribution in [0.4, 0.5) is 0 Å². The van der Waals surface area contributed by atoms with Gasteiger partial charge in [-0.15, -0.1) is 0 Å². The topological polar surface area (TPSA) is 26.3 Å². The highest BCUT2D eigenvalue weighted by molar-refractivity contribution is 6.02. The van der Waals surface area contributed by atoms with Crippen LogP contribution in [-0.2, 0) is 6.42 Å². The first kappa shape index (κ1) is 10.2. The zero-order chi connectivity index (χ0) is 11.0. The fraction of sp³-hybridized carbons (Fsp3) is 0.462. The van der Waals surface area contributed by atoms with E-state index < -0.39 is 0 Å². The van der Waals surface area contributed by atoms with Crippen molar-refractivity contribution in [2.24, 2.45) is 11.8 Å². The van der Waals surface area contributed by atoms with Gasteiger partial charge in [-0.05, 0) is 36.1 Å². The number of methoxy groups -OCH3 is 1. The second-order valence-corrected chi connectivity index (χ2v) is 4.44. The van der Waals surface area contributed by atoms with Gasteiger partial charge in [0.05, 0.1) is 7.11 Å². The van der Waals surface area contributed by atoms with E-state index in [1.807, 2.05) is 18.2 Å². The van der Waals surface area contributed by atoms with Crippen LogP contribution in [0.5, 0.6) is 5.75 Å². The minimum absolute atomic E-state index is 0.159. The van der Waals surface area contributed by atoms with Crippen LogP contribution in [-0.4, -0.2) is 12.9 Å². The third-order valence-electron chi connectivity index (χ3n) is 3.16. The molecular formula is C13H16O2. The van der Waals surface area contributed by atoms with Gasteiger partial charge in [0, 0.05) is 11.5 Å². The van der Waals surface area contributed by atoms with E-state index in [9.17, 15) is 4.79 Å². The highest BCUT2D eigenvalue weighted by Gasteiger charge is 2.32. The summed E-state index contributed by atoms with van der Waals surface area (Å²) < 4.78 is 5.16. The van der Waals surface area contributed by atoms with Crippen LogP contribution in [0.15, 0.2) is 18.2 Å². The Labute approximate surface area is 90.3 Å². The van der Waals surface area contributed by atoms with Crippen molar-refractivity contribution >= 4 is 5.78 Å². The van der Waals surface area contributed by atoms with Crippen LogP contribution in [0.25, 0.3) is 0 Å². The molecule has 0 radical (unpaired) electrons. The fourth-order valence-corrected chi connectivity index (χ4v) is 2.17. The van der Waals surface area contributed by atoms with Crippen LogP contribution in [0, 0.1) is 11.8 Å². The first-order valence-corrected chi connectivity index (χ1v) is 5.34. The molecule has 1 aliphatic rings. The molecule has 0 bridgehead atoms. The largest absolute Gasteiger partial charge is 0.497 e. The molecule has 0 aliphatic heterocycles.